The predicted molar refractivity (Wildman–Crippen MR) is 101 cm³/mol. The monoisotopic (exact) mass is 333 g/mol. The summed E-state index contributed by atoms with van der Waals surface area (Å²) in [6, 6.07) is 7.15. The van der Waals surface area contributed by atoms with Crippen LogP contribution in [0.3, 0.4) is 0 Å². The van der Waals surface area contributed by atoms with Gasteiger partial charge in [0.25, 0.3) is 0 Å². The Morgan fingerprint density at radius 3 is 2.33 bits per heavy atom. The lowest BCUT2D eigenvalue weighted by atomic mass is 9.98. The van der Waals surface area contributed by atoms with E-state index in [1.54, 1.807) is 12.1 Å². The molecule has 0 fully saturated rings. The molecule has 0 aliphatic rings. The fourth-order valence-corrected chi connectivity index (χ4v) is 2.95. The molecule has 1 aromatic carbocycles. The second-order valence-electron chi connectivity index (χ2n) is 6.99. The van der Waals surface area contributed by atoms with E-state index in [1.165, 1.54) is 44.9 Å². The number of nitrogens with one attached hydrogen (secondary N) is 1. The molecule has 3 nitrogen and oxygen atoms in total. The number of amides is 1. The van der Waals surface area contributed by atoms with Crippen molar-refractivity contribution in [2.45, 2.75) is 78.1 Å². The van der Waals surface area contributed by atoms with Crippen LogP contribution in [0.2, 0.25) is 0 Å². The average Bonchev–Trinajstić information content (AvgIpc) is 2.56. The first-order valence-electron chi connectivity index (χ1n) is 9.66. The number of carbonyl (C=O) groups excluding carboxylic acids is 1. The lowest BCUT2D eigenvalue weighted by Gasteiger charge is -2.11. The molecule has 0 heterocycles. The van der Waals surface area contributed by atoms with Gasteiger partial charge in [-0.1, -0.05) is 77.3 Å². The van der Waals surface area contributed by atoms with Crippen molar-refractivity contribution in [3.8, 4) is 5.75 Å². The van der Waals surface area contributed by atoms with Gasteiger partial charge in [0.2, 0.25) is 5.91 Å². The van der Waals surface area contributed by atoms with Crippen LogP contribution in [0.15, 0.2) is 24.3 Å². The highest BCUT2D eigenvalue weighted by Crippen LogP contribution is 2.15. The molecule has 136 valence electrons. The Morgan fingerprint density at radius 1 is 1.04 bits per heavy atom. The highest BCUT2D eigenvalue weighted by Gasteiger charge is 2.08. The van der Waals surface area contributed by atoms with E-state index in [4.69, 9.17) is 0 Å². The van der Waals surface area contributed by atoms with Crippen LogP contribution < -0.4 is 5.32 Å². The fraction of sp³-hybridized carbons (Fsp3) is 0.667. The van der Waals surface area contributed by atoms with Crippen LogP contribution in [-0.4, -0.2) is 17.6 Å². The van der Waals surface area contributed by atoms with Gasteiger partial charge in [0, 0.05) is 13.0 Å². The molecule has 1 atom stereocenters. The zero-order chi connectivity index (χ0) is 17.6. The van der Waals surface area contributed by atoms with Gasteiger partial charge in [-0.2, -0.15) is 0 Å². The van der Waals surface area contributed by atoms with E-state index in [0.29, 0.717) is 18.9 Å². The maximum Gasteiger partial charge on any atom is 0.220 e. The Labute approximate surface area is 147 Å². The van der Waals surface area contributed by atoms with Crippen molar-refractivity contribution in [3.63, 3.8) is 0 Å². The SMILES string of the molecule is CCCCCCCCCC(C)CC(=O)NCCc1ccc(O)cc1. The third-order valence-electron chi connectivity index (χ3n) is 4.51. The summed E-state index contributed by atoms with van der Waals surface area (Å²) in [6.45, 7) is 5.09. The number of aromatic hydroxyl groups is 1. The predicted octanol–water partition coefficient (Wildman–Crippen LogP) is 5.22. The van der Waals surface area contributed by atoms with E-state index in [-0.39, 0.29) is 11.7 Å². The summed E-state index contributed by atoms with van der Waals surface area (Å²) in [5.41, 5.74) is 1.13. The summed E-state index contributed by atoms with van der Waals surface area (Å²) in [4.78, 5) is 12.0. The topological polar surface area (TPSA) is 49.3 Å². The molecule has 1 amide bonds. The van der Waals surface area contributed by atoms with Crippen LogP contribution in [0.5, 0.6) is 5.75 Å². The van der Waals surface area contributed by atoms with Gasteiger partial charge in [0.15, 0.2) is 0 Å². The first kappa shape index (κ1) is 20.5. The van der Waals surface area contributed by atoms with E-state index < -0.39 is 0 Å². The highest BCUT2D eigenvalue weighted by atomic mass is 16.3. The van der Waals surface area contributed by atoms with Crippen LogP contribution in [0.4, 0.5) is 0 Å². The molecule has 0 saturated heterocycles. The summed E-state index contributed by atoms with van der Waals surface area (Å²) >= 11 is 0. The van der Waals surface area contributed by atoms with Crippen LogP contribution in [-0.2, 0) is 11.2 Å². The molecule has 1 unspecified atom stereocenters. The molecule has 0 aromatic heterocycles. The van der Waals surface area contributed by atoms with Gasteiger partial charge in [-0.25, -0.2) is 0 Å². The van der Waals surface area contributed by atoms with Crippen molar-refractivity contribution in [1.29, 1.82) is 0 Å². The van der Waals surface area contributed by atoms with Crippen LogP contribution in [0.25, 0.3) is 0 Å². The molecular formula is C21H35NO2. The zero-order valence-corrected chi connectivity index (χ0v) is 15.5. The first-order valence-corrected chi connectivity index (χ1v) is 9.66. The standard InChI is InChI=1S/C21H35NO2/c1-3-4-5-6-7-8-9-10-18(2)17-21(24)22-16-15-19-11-13-20(23)14-12-19/h11-14,18,23H,3-10,15-17H2,1-2H3,(H,22,24). The largest absolute Gasteiger partial charge is 0.508 e. The molecule has 3 heteroatoms. The number of rotatable bonds is 13. The number of phenolic OH excluding ortho intramolecular Hbond substituents is 1. The quantitative estimate of drug-likeness (QED) is 0.486. The van der Waals surface area contributed by atoms with Gasteiger partial charge in [0.05, 0.1) is 0 Å². The highest BCUT2D eigenvalue weighted by molar-refractivity contribution is 5.76. The lowest BCUT2D eigenvalue weighted by molar-refractivity contribution is -0.121. The normalized spacial score (nSPS) is 12.1. The Bertz CT molecular complexity index is 442. The van der Waals surface area contributed by atoms with Crippen molar-refractivity contribution < 1.29 is 9.90 Å². The van der Waals surface area contributed by atoms with E-state index in [1.807, 2.05) is 12.1 Å². The number of phenols is 1. The Morgan fingerprint density at radius 2 is 1.67 bits per heavy atom. The molecular weight excluding hydrogens is 298 g/mol. The zero-order valence-electron chi connectivity index (χ0n) is 15.5. The van der Waals surface area contributed by atoms with Gasteiger partial charge in [-0.05, 0) is 30.0 Å². The van der Waals surface area contributed by atoms with E-state index in [9.17, 15) is 9.90 Å². The summed E-state index contributed by atoms with van der Waals surface area (Å²) in [5, 5.41) is 12.2. The molecule has 0 bridgehead atoms. The average molecular weight is 334 g/mol. The van der Waals surface area contributed by atoms with E-state index in [2.05, 4.69) is 19.2 Å². The van der Waals surface area contributed by atoms with Crippen LogP contribution in [0, 0.1) is 5.92 Å². The molecule has 1 rings (SSSR count). The lowest BCUT2D eigenvalue weighted by Crippen LogP contribution is -2.27. The van der Waals surface area contributed by atoms with Crippen molar-refractivity contribution in [2.75, 3.05) is 6.54 Å². The number of benzene rings is 1. The molecule has 1 aromatic rings. The van der Waals surface area contributed by atoms with Crippen molar-refractivity contribution >= 4 is 5.91 Å². The molecule has 2 N–H and O–H groups in total. The summed E-state index contributed by atoms with van der Waals surface area (Å²) in [7, 11) is 0. The maximum atomic E-state index is 12.0. The molecule has 0 aliphatic carbocycles. The van der Waals surface area contributed by atoms with E-state index in [0.717, 1.165) is 18.4 Å². The number of hydrogen-bond acceptors (Lipinski definition) is 2. The summed E-state index contributed by atoms with van der Waals surface area (Å²) in [6.07, 6.45) is 11.9. The van der Waals surface area contributed by atoms with Crippen molar-refractivity contribution in [2.24, 2.45) is 5.92 Å². The fourth-order valence-electron chi connectivity index (χ4n) is 2.95. The minimum Gasteiger partial charge on any atom is -0.508 e. The van der Waals surface area contributed by atoms with Gasteiger partial charge in [-0.15, -0.1) is 0 Å². The molecule has 24 heavy (non-hydrogen) atoms. The Hall–Kier alpha value is -1.51. The van der Waals surface area contributed by atoms with Gasteiger partial charge in [-0.3, -0.25) is 4.79 Å². The number of carbonyl (C=O) groups is 1. The van der Waals surface area contributed by atoms with Gasteiger partial charge < -0.3 is 10.4 Å². The second-order valence-corrected chi connectivity index (χ2v) is 6.99. The van der Waals surface area contributed by atoms with Gasteiger partial charge in [0.1, 0.15) is 5.75 Å². The maximum absolute atomic E-state index is 12.0. The minimum absolute atomic E-state index is 0.157. The van der Waals surface area contributed by atoms with Gasteiger partial charge >= 0.3 is 0 Å². The van der Waals surface area contributed by atoms with Crippen molar-refractivity contribution in [3.05, 3.63) is 29.8 Å². The molecule has 0 spiro atoms. The Balaban J connectivity index is 2.02. The number of unbranched alkanes of at least 4 members (excludes halogenated alkanes) is 6. The number of hydrogen-bond donors (Lipinski definition) is 2. The smallest absolute Gasteiger partial charge is 0.220 e. The van der Waals surface area contributed by atoms with Crippen molar-refractivity contribution in [1.82, 2.24) is 5.32 Å². The third kappa shape index (κ3) is 10.3. The van der Waals surface area contributed by atoms with Crippen LogP contribution >= 0.6 is 0 Å². The third-order valence-corrected chi connectivity index (χ3v) is 4.51. The first-order chi connectivity index (χ1) is 11.6. The minimum atomic E-state index is 0.157. The molecule has 0 aliphatic heterocycles. The molecule has 0 saturated carbocycles. The second kappa shape index (κ2) is 12.9. The Kier molecular flexibility index (Phi) is 11.0. The summed E-state index contributed by atoms with van der Waals surface area (Å²) < 4.78 is 0. The van der Waals surface area contributed by atoms with E-state index >= 15 is 0 Å². The molecule has 0 radical (unpaired) electrons. The van der Waals surface area contributed by atoms with Crippen LogP contribution in [0.1, 0.15) is 77.2 Å². The summed E-state index contributed by atoms with van der Waals surface area (Å²) in [5.74, 6) is 0.903.